The number of carbonyl (C=O) groups excluding carboxylic acids is 1. The van der Waals surface area contributed by atoms with Crippen molar-refractivity contribution in [2.75, 3.05) is 0 Å². The van der Waals surface area contributed by atoms with E-state index < -0.39 is 5.97 Å². The molecule has 0 unspecified atom stereocenters. The van der Waals surface area contributed by atoms with E-state index >= 15 is 0 Å². The van der Waals surface area contributed by atoms with Gasteiger partial charge in [0.1, 0.15) is 0 Å². The number of esters is 1. The van der Waals surface area contributed by atoms with Crippen molar-refractivity contribution in [2.45, 2.75) is 26.2 Å². The summed E-state index contributed by atoms with van der Waals surface area (Å²) < 4.78 is 7.14. The van der Waals surface area contributed by atoms with Crippen molar-refractivity contribution in [1.29, 1.82) is 0 Å². The van der Waals surface area contributed by atoms with Crippen molar-refractivity contribution in [3.8, 4) is 11.6 Å². The van der Waals surface area contributed by atoms with Crippen LogP contribution in [0.4, 0.5) is 0 Å². The summed E-state index contributed by atoms with van der Waals surface area (Å²) in [4.78, 5) is 12.6. The molecule has 7 heteroatoms. The van der Waals surface area contributed by atoms with E-state index in [9.17, 15) is 4.79 Å². The molecule has 0 bridgehead atoms. The van der Waals surface area contributed by atoms with Gasteiger partial charge < -0.3 is 4.74 Å². The first-order valence-electron chi connectivity index (χ1n) is 8.19. The maximum absolute atomic E-state index is 12.6. The van der Waals surface area contributed by atoms with Gasteiger partial charge in [0.25, 0.3) is 0 Å². The molecular weight excluding hydrogens is 407 g/mol. The standard InChI is InChI=1S/C20H17Cl3N2O2/c1-20(2,3)17-11-18(27-19(26)13-6-4-5-7-14(13)21)25(24-17)12-8-9-15(22)16(23)10-12/h4-11H,1-3H3. The second-order valence-corrected chi connectivity index (χ2v) is 8.22. The number of rotatable bonds is 3. The van der Waals surface area contributed by atoms with E-state index in [4.69, 9.17) is 39.5 Å². The highest BCUT2D eigenvalue weighted by molar-refractivity contribution is 6.42. The fourth-order valence-electron chi connectivity index (χ4n) is 2.38. The largest absolute Gasteiger partial charge is 0.404 e. The number of benzene rings is 2. The van der Waals surface area contributed by atoms with E-state index in [1.165, 1.54) is 4.68 Å². The quantitative estimate of drug-likeness (QED) is 0.461. The number of halogens is 3. The van der Waals surface area contributed by atoms with Crippen LogP contribution in [0.3, 0.4) is 0 Å². The molecule has 3 rings (SSSR count). The molecule has 140 valence electrons. The van der Waals surface area contributed by atoms with Crippen LogP contribution in [0, 0.1) is 0 Å². The minimum absolute atomic E-state index is 0.243. The molecule has 2 aromatic carbocycles. The number of hydrogen-bond acceptors (Lipinski definition) is 3. The Kier molecular flexibility index (Phi) is 5.52. The summed E-state index contributed by atoms with van der Waals surface area (Å²) in [5, 5.41) is 5.72. The molecule has 0 atom stereocenters. The molecule has 0 saturated heterocycles. The maximum atomic E-state index is 12.6. The van der Waals surface area contributed by atoms with E-state index in [2.05, 4.69) is 5.10 Å². The highest BCUT2D eigenvalue weighted by atomic mass is 35.5. The Labute approximate surface area is 172 Å². The summed E-state index contributed by atoms with van der Waals surface area (Å²) >= 11 is 18.2. The third-order valence-corrected chi connectivity index (χ3v) is 4.95. The molecule has 0 saturated carbocycles. The lowest BCUT2D eigenvalue weighted by Gasteiger charge is -2.14. The van der Waals surface area contributed by atoms with Crippen LogP contribution in [0.1, 0.15) is 36.8 Å². The first-order valence-corrected chi connectivity index (χ1v) is 9.33. The van der Waals surface area contributed by atoms with Gasteiger partial charge in [-0.1, -0.05) is 67.7 Å². The summed E-state index contributed by atoms with van der Waals surface area (Å²) in [6, 6.07) is 13.5. The second kappa shape index (κ2) is 7.55. The van der Waals surface area contributed by atoms with Gasteiger partial charge in [0, 0.05) is 11.5 Å². The molecule has 4 nitrogen and oxygen atoms in total. The van der Waals surface area contributed by atoms with Crippen molar-refractivity contribution in [3.05, 3.63) is 74.9 Å². The minimum Gasteiger partial charge on any atom is -0.404 e. The van der Waals surface area contributed by atoms with Crippen LogP contribution in [-0.4, -0.2) is 15.7 Å². The van der Waals surface area contributed by atoms with Gasteiger partial charge in [0.2, 0.25) is 5.88 Å². The van der Waals surface area contributed by atoms with Crippen LogP contribution >= 0.6 is 34.8 Å². The van der Waals surface area contributed by atoms with E-state index in [-0.39, 0.29) is 16.9 Å². The van der Waals surface area contributed by atoms with Gasteiger partial charge in [-0.05, 0) is 30.3 Å². The molecule has 0 aliphatic heterocycles. The third-order valence-electron chi connectivity index (χ3n) is 3.88. The van der Waals surface area contributed by atoms with Crippen LogP contribution in [-0.2, 0) is 5.41 Å². The molecular formula is C20H17Cl3N2O2. The number of aromatic nitrogens is 2. The van der Waals surface area contributed by atoms with Crippen molar-refractivity contribution in [3.63, 3.8) is 0 Å². The summed E-state index contributed by atoms with van der Waals surface area (Å²) in [6.07, 6.45) is 0. The van der Waals surface area contributed by atoms with Gasteiger partial charge in [-0.3, -0.25) is 0 Å². The number of ether oxygens (including phenoxy) is 1. The van der Waals surface area contributed by atoms with Crippen molar-refractivity contribution in [1.82, 2.24) is 9.78 Å². The number of hydrogen-bond donors (Lipinski definition) is 0. The molecule has 0 amide bonds. The molecule has 0 radical (unpaired) electrons. The smallest absolute Gasteiger partial charge is 0.346 e. The Morgan fingerprint density at radius 2 is 1.67 bits per heavy atom. The Morgan fingerprint density at radius 3 is 2.30 bits per heavy atom. The zero-order valence-corrected chi connectivity index (χ0v) is 17.2. The molecule has 1 heterocycles. The van der Waals surface area contributed by atoms with Crippen LogP contribution in [0.5, 0.6) is 5.88 Å². The summed E-state index contributed by atoms with van der Waals surface area (Å²) in [7, 11) is 0. The topological polar surface area (TPSA) is 44.1 Å². The Morgan fingerprint density at radius 1 is 0.963 bits per heavy atom. The molecule has 3 aromatic rings. The first kappa shape index (κ1) is 19.7. The molecule has 0 aliphatic carbocycles. The molecule has 27 heavy (non-hydrogen) atoms. The van der Waals surface area contributed by atoms with E-state index in [1.807, 2.05) is 20.8 Å². The van der Waals surface area contributed by atoms with Crippen LogP contribution in [0.2, 0.25) is 15.1 Å². The van der Waals surface area contributed by atoms with Gasteiger partial charge in [-0.15, -0.1) is 0 Å². The van der Waals surface area contributed by atoms with Gasteiger partial charge in [-0.25, -0.2) is 9.48 Å². The number of carbonyl (C=O) groups is 1. The lowest BCUT2D eigenvalue weighted by Crippen LogP contribution is -2.13. The lowest BCUT2D eigenvalue weighted by molar-refractivity contribution is 0.0723. The maximum Gasteiger partial charge on any atom is 0.346 e. The van der Waals surface area contributed by atoms with Gasteiger partial charge >= 0.3 is 5.97 Å². The van der Waals surface area contributed by atoms with Crippen molar-refractivity contribution in [2.24, 2.45) is 0 Å². The summed E-state index contributed by atoms with van der Waals surface area (Å²) in [6.45, 7) is 6.07. The monoisotopic (exact) mass is 422 g/mol. The molecule has 1 aromatic heterocycles. The van der Waals surface area contributed by atoms with Gasteiger partial charge in [0.05, 0.1) is 32.0 Å². The Balaban J connectivity index is 2.05. The third kappa shape index (κ3) is 4.29. The predicted octanol–water partition coefficient (Wildman–Crippen LogP) is 6.35. The molecule has 0 N–H and O–H groups in total. The predicted molar refractivity (Wildman–Crippen MR) is 109 cm³/mol. The molecule has 0 spiro atoms. The van der Waals surface area contributed by atoms with Crippen LogP contribution in [0.15, 0.2) is 48.5 Å². The van der Waals surface area contributed by atoms with Crippen LogP contribution < -0.4 is 4.74 Å². The number of nitrogens with zero attached hydrogens (tertiary/aromatic N) is 2. The fraction of sp³-hybridized carbons (Fsp3) is 0.200. The van der Waals surface area contributed by atoms with E-state index in [0.29, 0.717) is 20.8 Å². The second-order valence-electron chi connectivity index (χ2n) is 7.00. The van der Waals surface area contributed by atoms with E-state index in [0.717, 1.165) is 5.69 Å². The van der Waals surface area contributed by atoms with Crippen molar-refractivity contribution >= 4 is 40.8 Å². The van der Waals surface area contributed by atoms with Crippen LogP contribution in [0.25, 0.3) is 5.69 Å². The molecule has 0 fully saturated rings. The average Bonchev–Trinajstić information content (AvgIpc) is 3.02. The highest BCUT2D eigenvalue weighted by Crippen LogP contribution is 2.31. The first-order chi connectivity index (χ1) is 12.7. The SMILES string of the molecule is CC(C)(C)c1cc(OC(=O)c2ccccc2Cl)n(-c2ccc(Cl)c(Cl)c2)n1. The minimum atomic E-state index is -0.567. The summed E-state index contributed by atoms with van der Waals surface area (Å²) in [5.41, 5.74) is 1.42. The Bertz CT molecular complexity index is 1010. The fourth-order valence-corrected chi connectivity index (χ4v) is 2.89. The summed E-state index contributed by atoms with van der Waals surface area (Å²) in [5.74, 6) is -0.300. The average molecular weight is 424 g/mol. The van der Waals surface area contributed by atoms with Gasteiger partial charge in [0.15, 0.2) is 0 Å². The van der Waals surface area contributed by atoms with Gasteiger partial charge in [-0.2, -0.15) is 5.10 Å². The Hall–Kier alpha value is -2.01. The van der Waals surface area contributed by atoms with Crippen molar-refractivity contribution < 1.29 is 9.53 Å². The highest BCUT2D eigenvalue weighted by Gasteiger charge is 2.24. The lowest BCUT2D eigenvalue weighted by atomic mass is 9.93. The van der Waals surface area contributed by atoms with E-state index in [1.54, 1.807) is 48.5 Å². The zero-order valence-electron chi connectivity index (χ0n) is 15.0. The molecule has 0 aliphatic rings. The zero-order chi connectivity index (χ0) is 19.8. The normalized spacial score (nSPS) is 11.5.